The Morgan fingerprint density at radius 1 is 0.918 bits per heavy atom. The standard InChI is InChI=1S/C35H39ClN8O5/c1-40-19-23(15-24(20-40)38-28-17-37-41(2)35(49)31(28)36)22-5-3-21(4-6-22)18-42-11-13-43(14-12-42)25-7-8-26-27(16-25)34(48)44(33(26)47)29-9-10-30(45)39-32(29)46/h3-8,16-17,23-24,29,38H,9-15,18-20H2,1-2H3,(H,39,45,46)/t23-,24+,29?/m0/s1. The first-order valence-corrected chi connectivity index (χ1v) is 17.0. The predicted octanol–water partition coefficient (Wildman–Crippen LogP) is 2.06. The van der Waals surface area contributed by atoms with Crippen LogP contribution in [0.4, 0.5) is 11.4 Å². The number of hydrogen-bond acceptors (Lipinski definition) is 10. The molecule has 0 spiro atoms. The van der Waals surface area contributed by atoms with Gasteiger partial charge in [-0.1, -0.05) is 35.9 Å². The van der Waals surface area contributed by atoms with Crippen molar-refractivity contribution < 1.29 is 19.2 Å². The minimum atomic E-state index is -0.973. The van der Waals surface area contributed by atoms with Gasteiger partial charge in [0.2, 0.25) is 11.8 Å². The van der Waals surface area contributed by atoms with Gasteiger partial charge in [-0.15, -0.1) is 0 Å². The summed E-state index contributed by atoms with van der Waals surface area (Å²) < 4.78 is 1.23. The third-order valence-corrected chi connectivity index (χ3v) is 10.5. The molecule has 3 atom stereocenters. The molecular weight excluding hydrogens is 648 g/mol. The minimum absolute atomic E-state index is 0.0915. The molecule has 5 heterocycles. The first-order chi connectivity index (χ1) is 23.5. The quantitative estimate of drug-likeness (QED) is 0.355. The Bertz CT molecular complexity index is 1870. The maximum absolute atomic E-state index is 13.3. The molecule has 1 aromatic heterocycles. The number of carbonyl (C=O) groups excluding carboxylic acids is 4. The van der Waals surface area contributed by atoms with Crippen LogP contribution in [0.2, 0.25) is 5.02 Å². The van der Waals surface area contributed by atoms with Crippen LogP contribution in [-0.4, -0.2) is 107 Å². The van der Waals surface area contributed by atoms with E-state index < -0.39 is 29.7 Å². The summed E-state index contributed by atoms with van der Waals surface area (Å²) in [5.74, 6) is -1.66. The maximum atomic E-state index is 13.3. The van der Waals surface area contributed by atoms with Crippen LogP contribution in [0.5, 0.6) is 0 Å². The third kappa shape index (κ3) is 6.57. The number of piperazine rings is 1. The molecule has 0 aliphatic carbocycles. The van der Waals surface area contributed by atoms with Gasteiger partial charge >= 0.3 is 0 Å². The number of hydrogen-bond donors (Lipinski definition) is 2. The van der Waals surface area contributed by atoms with Crippen LogP contribution in [0.3, 0.4) is 0 Å². The Morgan fingerprint density at radius 3 is 2.39 bits per heavy atom. The monoisotopic (exact) mass is 686 g/mol. The molecule has 3 fully saturated rings. The molecule has 1 unspecified atom stereocenters. The summed E-state index contributed by atoms with van der Waals surface area (Å²) in [6, 6.07) is 13.3. The van der Waals surface area contributed by atoms with Crippen molar-refractivity contribution >= 4 is 46.6 Å². The van der Waals surface area contributed by atoms with E-state index in [1.165, 1.54) is 15.8 Å². The number of nitrogens with zero attached hydrogens (tertiary/aromatic N) is 6. The summed E-state index contributed by atoms with van der Waals surface area (Å²) in [5.41, 5.74) is 4.22. The second-order valence-electron chi connectivity index (χ2n) is 13.5. The van der Waals surface area contributed by atoms with Crippen molar-refractivity contribution in [2.45, 2.75) is 43.8 Å². The topological polar surface area (TPSA) is 140 Å². The largest absolute Gasteiger partial charge is 0.378 e. The molecule has 4 amide bonds. The fraction of sp³-hybridized carbons (Fsp3) is 0.429. The summed E-state index contributed by atoms with van der Waals surface area (Å²) >= 11 is 6.31. The van der Waals surface area contributed by atoms with Crippen molar-refractivity contribution in [3.05, 3.63) is 86.3 Å². The molecule has 13 nitrogen and oxygen atoms in total. The van der Waals surface area contributed by atoms with Crippen LogP contribution >= 0.6 is 11.6 Å². The Labute approximate surface area is 288 Å². The van der Waals surface area contributed by atoms with Gasteiger partial charge < -0.3 is 15.1 Å². The summed E-state index contributed by atoms with van der Waals surface area (Å²) in [6.07, 6.45) is 2.74. The van der Waals surface area contributed by atoms with Crippen molar-refractivity contribution in [3.63, 3.8) is 0 Å². The normalized spacial score (nSPS) is 23.5. The summed E-state index contributed by atoms with van der Waals surface area (Å²) in [5, 5.41) is 9.95. The first-order valence-electron chi connectivity index (χ1n) is 16.6. The van der Waals surface area contributed by atoms with Gasteiger partial charge in [0.15, 0.2) is 0 Å². The second kappa shape index (κ2) is 13.4. The smallest absolute Gasteiger partial charge is 0.287 e. The fourth-order valence-corrected chi connectivity index (χ4v) is 7.70. The number of aryl methyl sites for hydroxylation is 1. The molecule has 0 saturated carbocycles. The van der Waals surface area contributed by atoms with Crippen molar-refractivity contribution in [2.24, 2.45) is 7.05 Å². The number of halogens is 1. The van der Waals surface area contributed by atoms with Crippen LogP contribution < -0.4 is 21.1 Å². The van der Waals surface area contributed by atoms with Gasteiger partial charge in [-0.05, 0) is 55.1 Å². The number of likely N-dealkylation sites (N-methyl/N-ethyl adjacent to an activating group) is 1. The highest BCUT2D eigenvalue weighted by Gasteiger charge is 2.44. The zero-order valence-electron chi connectivity index (χ0n) is 27.5. The summed E-state index contributed by atoms with van der Waals surface area (Å²) in [7, 11) is 3.69. The molecule has 256 valence electrons. The van der Waals surface area contributed by atoms with Crippen LogP contribution in [0.25, 0.3) is 0 Å². The predicted molar refractivity (Wildman–Crippen MR) is 184 cm³/mol. The maximum Gasteiger partial charge on any atom is 0.287 e. The van der Waals surface area contributed by atoms with Crippen LogP contribution in [0, 0.1) is 0 Å². The lowest BCUT2D eigenvalue weighted by atomic mass is 9.87. The summed E-state index contributed by atoms with van der Waals surface area (Å²) in [6.45, 7) is 5.84. The number of likely N-dealkylation sites (tertiary alicyclic amines) is 1. The molecule has 7 rings (SSSR count). The Morgan fingerprint density at radius 2 is 1.65 bits per heavy atom. The van der Waals surface area contributed by atoms with Crippen molar-refractivity contribution in [2.75, 3.05) is 56.5 Å². The Kier molecular flexibility index (Phi) is 8.99. The number of aromatic nitrogens is 2. The molecule has 49 heavy (non-hydrogen) atoms. The van der Waals surface area contributed by atoms with E-state index >= 15 is 0 Å². The molecule has 0 radical (unpaired) electrons. The number of piperidine rings is 2. The van der Waals surface area contributed by atoms with Gasteiger partial charge in [-0.25, -0.2) is 4.68 Å². The number of rotatable bonds is 7. The zero-order valence-corrected chi connectivity index (χ0v) is 28.3. The van der Waals surface area contributed by atoms with E-state index in [-0.39, 0.29) is 35.0 Å². The number of imide groups is 2. The van der Waals surface area contributed by atoms with Gasteiger partial charge in [0, 0.05) is 71.0 Å². The highest BCUT2D eigenvalue weighted by molar-refractivity contribution is 6.33. The average molecular weight is 687 g/mol. The van der Waals surface area contributed by atoms with E-state index in [1.54, 1.807) is 25.4 Å². The zero-order chi connectivity index (χ0) is 34.4. The van der Waals surface area contributed by atoms with Crippen LogP contribution in [0.15, 0.2) is 53.5 Å². The van der Waals surface area contributed by atoms with Gasteiger partial charge in [0.1, 0.15) is 11.1 Å². The lowest BCUT2D eigenvalue weighted by molar-refractivity contribution is -0.136. The van der Waals surface area contributed by atoms with Gasteiger partial charge in [-0.2, -0.15) is 5.10 Å². The Hall–Kier alpha value is -4.59. The molecule has 2 aromatic carbocycles. The van der Waals surface area contributed by atoms with Gasteiger partial charge in [-0.3, -0.25) is 39.1 Å². The van der Waals surface area contributed by atoms with E-state index in [0.29, 0.717) is 17.2 Å². The second-order valence-corrected chi connectivity index (χ2v) is 13.9. The highest BCUT2D eigenvalue weighted by atomic mass is 35.5. The van der Waals surface area contributed by atoms with Crippen LogP contribution in [0.1, 0.15) is 57.0 Å². The molecule has 4 aliphatic heterocycles. The molecule has 4 aliphatic rings. The number of benzene rings is 2. The third-order valence-electron chi connectivity index (χ3n) is 10.1. The molecule has 0 bridgehead atoms. The highest BCUT2D eigenvalue weighted by Crippen LogP contribution is 2.32. The fourth-order valence-electron chi connectivity index (χ4n) is 7.47. The first kappa shape index (κ1) is 32.9. The molecule has 14 heteroatoms. The van der Waals surface area contributed by atoms with E-state index in [4.69, 9.17) is 11.6 Å². The van der Waals surface area contributed by atoms with E-state index in [0.717, 1.165) is 62.8 Å². The molecule has 2 N–H and O–H groups in total. The number of anilines is 2. The summed E-state index contributed by atoms with van der Waals surface area (Å²) in [4.78, 5) is 70.5. The van der Waals surface area contributed by atoms with Crippen molar-refractivity contribution in [3.8, 4) is 0 Å². The number of nitrogens with one attached hydrogen (secondary N) is 2. The number of fused-ring (bicyclic) bond motifs is 1. The van der Waals surface area contributed by atoms with E-state index in [1.807, 2.05) is 6.07 Å². The van der Waals surface area contributed by atoms with E-state index in [2.05, 4.69) is 61.7 Å². The lowest BCUT2D eigenvalue weighted by Crippen LogP contribution is -2.54. The Balaban J connectivity index is 0.936. The van der Waals surface area contributed by atoms with Gasteiger partial charge in [0.05, 0.1) is 23.0 Å². The van der Waals surface area contributed by atoms with Crippen molar-refractivity contribution in [1.29, 1.82) is 0 Å². The van der Waals surface area contributed by atoms with Crippen LogP contribution in [-0.2, 0) is 23.2 Å². The number of carbonyl (C=O) groups is 4. The van der Waals surface area contributed by atoms with Crippen molar-refractivity contribution in [1.82, 2.24) is 29.8 Å². The minimum Gasteiger partial charge on any atom is -0.378 e. The lowest BCUT2D eigenvalue weighted by Gasteiger charge is -2.37. The molecule has 3 saturated heterocycles. The van der Waals surface area contributed by atoms with E-state index in [9.17, 15) is 24.0 Å². The molecular formula is C35H39ClN8O5. The average Bonchev–Trinajstić information content (AvgIpc) is 3.34. The number of amides is 4. The SMILES string of the molecule is CN1C[C@H](Nc2cnn(C)c(=O)c2Cl)C[C@H](c2ccc(CN3CCN(c4ccc5c(c4)C(=O)N(C4CCC(=O)NC4=O)C5=O)CC3)cc2)C1. The molecule has 3 aromatic rings. The van der Waals surface area contributed by atoms with Gasteiger partial charge in [0.25, 0.3) is 17.4 Å².